The van der Waals surface area contributed by atoms with E-state index in [-0.39, 0.29) is 18.2 Å². The summed E-state index contributed by atoms with van der Waals surface area (Å²) in [6.07, 6.45) is -1.46. The van der Waals surface area contributed by atoms with Crippen LogP contribution in [-0.4, -0.2) is 35.8 Å². The molecule has 0 aliphatic carbocycles. The van der Waals surface area contributed by atoms with Gasteiger partial charge in [-0.1, -0.05) is 11.6 Å². The number of anilines is 3. The molecule has 0 spiro atoms. The summed E-state index contributed by atoms with van der Waals surface area (Å²) >= 11 is 6.13. The lowest BCUT2D eigenvalue weighted by molar-refractivity contribution is -0.115. The maximum absolute atomic E-state index is 12.4. The first-order valence-electron chi connectivity index (χ1n) is 7.57. The molecule has 1 aliphatic rings. The topological polar surface area (TPSA) is 50.3 Å². The van der Waals surface area contributed by atoms with E-state index < -0.39 is 19.3 Å². The molecule has 1 aromatic carbocycles. The molecule has 0 saturated heterocycles. The molecule has 0 atom stereocenters. The molecular formula is C16H12ClF5N4O. The highest BCUT2D eigenvalue weighted by molar-refractivity contribution is 6.32. The number of benzene rings is 1. The van der Waals surface area contributed by atoms with Crippen molar-refractivity contribution in [2.75, 3.05) is 23.3 Å². The first-order chi connectivity index (χ1) is 12.7. The number of nitrogens with zero attached hydrogens (tertiary/aromatic N) is 3. The Hall–Kier alpha value is -2.62. The fraction of sp³-hybridized carbons (Fsp3) is 0.250. The molecule has 1 N–H and O–H groups in total. The fourth-order valence-electron chi connectivity index (χ4n) is 2.43. The first-order valence-corrected chi connectivity index (χ1v) is 7.95. The molecule has 0 bridgehead atoms. The van der Waals surface area contributed by atoms with Gasteiger partial charge in [-0.25, -0.2) is 4.98 Å². The van der Waals surface area contributed by atoms with Crippen LogP contribution in [0.5, 0.6) is 5.75 Å². The van der Waals surface area contributed by atoms with Crippen LogP contribution in [0.2, 0.25) is 0 Å². The number of alkyl halides is 5. The summed E-state index contributed by atoms with van der Waals surface area (Å²) in [6, 6.07) is 5.72. The summed E-state index contributed by atoms with van der Waals surface area (Å²) < 4.78 is 66.0. The third-order valence-corrected chi connectivity index (χ3v) is 3.72. The molecule has 0 saturated carbocycles. The summed E-state index contributed by atoms with van der Waals surface area (Å²) in [7, 11) is 0. The van der Waals surface area contributed by atoms with Crippen LogP contribution in [-0.2, 0) is 0 Å². The van der Waals surface area contributed by atoms with Crippen LogP contribution in [0.3, 0.4) is 0 Å². The van der Waals surface area contributed by atoms with Gasteiger partial charge in [0.25, 0.3) is 0 Å². The van der Waals surface area contributed by atoms with Gasteiger partial charge in [0.05, 0.1) is 6.54 Å². The molecule has 3 rings (SSSR count). The van der Waals surface area contributed by atoms with Crippen LogP contribution >= 0.6 is 11.6 Å². The zero-order valence-electron chi connectivity index (χ0n) is 13.5. The monoisotopic (exact) mass is 406 g/mol. The van der Waals surface area contributed by atoms with Crippen LogP contribution in [0.1, 0.15) is 5.56 Å². The second-order valence-electron chi connectivity index (χ2n) is 5.49. The molecular weight excluding hydrogens is 395 g/mol. The van der Waals surface area contributed by atoms with Gasteiger partial charge in [-0.3, -0.25) is 0 Å². The lowest BCUT2D eigenvalue weighted by atomic mass is 10.1. The molecule has 1 aromatic heterocycles. The van der Waals surface area contributed by atoms with Crippen LogP contribution in [0.4, 0.5) is 39.4 Å². The quantitative estimate of drug-likeness (QED) is 0.724. The van der Waals surface area contributed by atoms with Crippen molar-refractivity contribution in [3.63, 3.8) is 0 Å². The summed E-state index contributed by atoms with van der Waals surface area (Å²) in [5, 5.41) is 2.57. The van der Waals surface area contributed by atoms with E-state index in [1.165, 1.54) is 30.5 Å². The maximum atomic E-state index is 12.4. The number of fused-ring (bicyclic) bond motifs is 1. The van der Waals surface area contributed by atoms with Gasteiger partial charge in [-0.15, -0.1) is 0 Å². The van der Waals surface area contributed by atoms with Gasteiger partial charge in [0, 0.05) is 22.5 Å². The SMILES string of the molecule is FC(F)Oc1ccc(N2CC(Cl)=Cc3cnc(NCC(F)(F)F)nc32)cc1. The molecule has 0 fully saturated rings. The molecule has 0 unspecified atom stereocenters. The lowest BCUT2D eigenvalue weighted by Gasteiger charge is -2.28. The molecule has 2 aromatic rings. The van der Waals surface area contributed by atoms with Gasteiger partial charge in [0.2, 0.25) is 5.95 Å². The van der Waals surface area contributed by atoms with E-state index in [9.17, 15) is 22.0 Å². The number of nitrogens with one attached hydrogen (secondary N) is 1. The molecule has 1 aliphatic heterocycles. The lowest BCUT2D eigenvalue weighted by Crippen LogP contribution is -2.26. The van der Waals surface area contributed by atoms with Crippen molar-refractivity contribution in [1.29, 1.82) is 0 Å². The standard InChI is InChI=1S/C16H12ClF5N4O/c17-10-5-9-6-23-15(24-8-16(20,21)22)25-13(9)26(7-10)11-1-3-12(4-2-11)27-14(18)19/h1-6,14H,7-8H2,(H,23,24,25). The fourth-order valence-corrected chi connectivity index (χ4v) is 2.66. The maximum Gasteiger partial charge on any atom is 0.405 e. The normalized spacial score (nSPS) is 14.0. The van der Waals surface area contributed by atoms with E-state index in [4.69, 9.17) is 11.6 Å². The van der Waals surface area contributed by atoms with Gasteiger partial charge in [-0.2, -0.15) is 26.9 Å². The minimum Gasteiger partial charge on any atom is -0.435 e. The summed E-state index contributed by atoms with van der Waals surface area (Å²) in [5.41, 5.74) is 1.06. The predicted molar refractivity (Wildman–Crippen MR) is 90.5 cm³/mol. The van der Waals surface area contributed by atoms with Crippen molar-refractivity contribution in [2.45, 2.75) is 12.8 Å². The van der Waals surface area contributed by atoms with Gasteiger partial charge in [0.1, 0.15) is 18.1 Å². The molecule has 2 heterocycles. The van der Waals surface area contributed by atoms with Crippen LogP contribution < -0.4 is 15.0 Å². The molecule has 27 heavy (non-hydrogen) atoms. The minimum atomic E-state index is -4.41. The number of ether oxygens (including phenoxy) is 1. The third-order valence-electron chi connectivity index (χ3n) is 3.49. The second kappa shape index (κ2) is 7.55. The van der Waals surface area contributed by atoms with Crippen LogP contribution in [0.15, 0.2) is 35.5 Å². The van der Waals surface area contributed by atoms with Crippen molar-refractivity contribution in [2.24, 2.45) is 0 Å². The molecule has 144 valence electrons. The number of rotatable bonds is 5. The van der Waals surface area contributed by atoms with Crippen LogP contribution in [0, 0.1) is 0 Å². The number of hydrogen-bond donors (Lipinski definition) is 1. The molecule has 0 radical (unpaired) electrons. The Balaban J connectivity index is 1.88. The van der Waals surface area contributed by atoms with Gasteiger partial charge in [0.15, 0.2) is 0 Å². The van der Waals surface area contributed by atoms with Crippen molar-refractivity contribution in [3.05, 3.63) is 41.1 Å². The highest BCUT2D eigenvalue weighted by Crippen LogP contribution is 2.35. The average molecular weight is 407 g/mol. The predicted octanol–water partition coefficient (Wildman–Crippen LogP) is 4.78. The first kappa shape index (κ1) is 19.2. The van der Waals surface area contributed by atoms with E-state index in [0.29, 0.717) is 22.1 Å². The van der Waals surface area contributed by atoms with E-state index in [1.54, 1.807) is 11.0 Å². The van der Waals surface area contributed by atoms with E-state index in [1.807, 2.05) is 0 Å². The number of halogens is 6. The van der Waals surface area contributed by atoms with E-state index >= 15 is 0 Å². The third kappa shape index (κ3) is 4.97. The summed E-state index contributed by atoms with van der Waals surface area (Å²) in [5.74, 6) is 0.115. The van der Waals surface area contributed by atoms with Gasteiger partial charge in [-0.05, 0) is 30.3 Å². The Kier molecular flexibility index (Phi) is 5.36. The zero-order chi connectivity index (χ0) is 19.6. The Bertz CT molecular complexity index is 842. The minimum absolute atomic E-state index is 0.0251. The van der Waals surface area contributed by atoms with E-state index in [2.05, 4.69) is 20.0 Å². The smallest absolute Gasteiger partial charge is 0.405 e. The van der Waals surface area contributed by atoms with Gasteiger partial charge < -0.3 is 15.0 Å². The summed E-state index contributed by atoms with van der Waals surface area (Å²) in [6.45, 7) is -4.01. The molecule has 11 heteroatoms. The zero-order valence-corrected chi connectivity index (χ0v) is 14.2. The van der Waals surface area contributed by atoms with Gasteiger partial charge >= 0.3 is 12.8 Å². The van der Waals surface area contributed by atoms with E-state index in [0.717, 1.165) is 0 Å². The Labute approximate surface area is 155 Å². The summed E-state index contributed by atoms with van der Waals surface area (Å²) in [4.78, 5) is 9.61. The van der Waals surface area contributed by atoms with Crippen molar-refractivity contribution < 1.29 is 26.7 Å². The molecule has 5 nitrogen and oxygen atoms in total. The Morgan fingerprint density at radius 2 is 1.93 bits per heavy atom. The molecule has 0 amide bonds. The highest BCUT2D eigenvalue weighted by atomic mass is 35.5. The second-order valence-corrected chi connectivity index (χ2v) is 5.98. The largest absolute Gasteiger partial charge is 0.435 e. The number of hydrogen-bond acceptors (Lipinski definition) is 5. The number of aromatic nitrogens is 2. The Morgan fingerprint density at radius 3 is 2.56 bits per heavy atom. The average Bonchev–Trinajstić information content (AvgIpc) is 2.59. The highest BCUT2D eigenvalue weighted by Gasteiger charge is 2.28. The van der Waals surface area contributed by atoms with Crippen molar-refractivity contribution >= 4 is 35.1 Å². The Morgan fingerprint density at radius 1 is 1.22 bits per heavy atom. The van der Waals surface area contributed by atoms with Crippen molar-refractivity contribution in [3.8, 4) is 5.75 Å². The van der Waals surface area contributed by atoms with Crippen molar-refractivity contribution in [1.82, 2.24) is 9.97 Å². The van der Waals surface area contributed by atoms with Crippen LogP contribution in [0.25, 0.3) is 6.08 Å².